The zero-order valence-corrected chi connectivity index (χ0v) is 18.6. The van der Waals surface area contributed by atoms with Crippen molar-refractivity contribution in [3.05, 3.63) is 48.0 Å². The Morgan fingerprint density at radius 2 is 1.50 bits per heavy atom. The van der Waals surface area contributed by atoms with E-state index in [4.69, 9.17) is 23.7 Å². The Kier molecular flexibility index (Phi) is 8.95. The summed E-state index contributed by atoms with van der Waals surface area (Å²) in [5.41, 5.74) is 1.58. The first-order valence-corrected chi connectivity index (χ1v) is 10.1. The number of hydrogen-bond acceptors (Lipinski definition) is 9. The molecule has 0 radical (unpaired) electrons. The zero-order valence-electron chi connectivity index (χ0n) is 18.6. The van der Waals surface area contributed by atoms with Gasteiger partial charge in [0.05, 0.1) is 0 Å². The highest BCUT2D eigenvalue weighted by Gasteiger charge is 2.52. The van der Waals surface area contributed by atoms with Crippen molar-refractivity contribution in [3.63, 3.8) is 0 Å². The summed E-state index contributed by atoms with van der Waals surface area (Å²) in [5.74, 6) is -2.54. The second-order valence-corrected chi connectivity index (χ2v) is 7.36. The number of hydrogen-bond donors (Lipinski definition) is 0. The van der Waals surface area contributed by atoms with Gasteiger partial charge in [-0.1, -0.05) is 30.3 Å². The van der Waals surface area contributed by atoms with Gasteiger partial charge in [-0.05, 0) is 17.5 Å². The lowest BCUT2D eigenvalue weighted by Crippen LogP contribution is -2.59. The van der Waals surface area contributed by atoms with E-state index in [2.05, 4.69) is 6.58 Å². The molecule has 1 heterocycles. The van der Waals surface area contributed by atoms with Gasteiger partial charge in [0.15, 0.2) is 18.3 Å². The lowest BCUT2D eigenvalue weighted by atomic mass is 9.89. The van der Waals surface area contributed by atoms with Gasteiger partial charge in [-0.3, -0.25) is 19.2 Å². The van der Waals surface area contributed by atoms with Crippen molar-refractivity contribution in [2.24, 2.45) is 0 Å². The van der Waals surface area contributed by atoms with Crippen LogP contribution in [0.25, 0.3) is 0 Å². The van der Waals surface area contributed by atoms with Crippen LogP contribution in [0.2, 0.25) is 0 Å². The number of benzene rings is 1. The lowest BCUT2D eigenvalue weighted by Gasteiger charge is -2.44. The predicted octanol–water partition coefficient (Wildman–Crippen LogP) is 2.21. The fourth-order valence-corrected chi connectivity index (χ4v) is 3.56. The first-order valence-electron chi connectivity index (χ1n) is 10.1. The van der Waals surface area contributed by atoms with Crippen LogP contribution in [0.1, 0.15) is 44.9 Å². The van der Waals surface area contributed by atoms with Gasteiger partial charge in [-0.25, -0.2) is 0 Å². The molecular weight excluding hydrogens is 420 g/mol. The molecule has 9 heteroatoms. The Bertz CT molecular complexity index is 863. The maximum atomic E-state index is 11.9. The molecule has 174 valence electrons. The Labute approximate surface area is 186 Å². The molecule has 1 aromatic rings. The third-order valence-electron chi connectivity index (χ3n) is 4.65. The Morgan fingerprint density at radius 1 is 0.906 bits per heavy atom. The van der Waals surface area contributed by atoms with Crippen LogP contribution in [0.5, 0.6) is 0 Å². The maximum Gasteiger partial charge on any atom is 0.303 e. The van der Waals surface area contributed by atoms with E-state index in [9.17, 15) is 19.2 Å². The summed E-state index contributed by atoms with van der Waals surface area (Å²) in [7, 11) is 0. The number of ether oxygens (including phenoxy) is 5. The standard InChI is InChI=1S/C23H28O9/c1-6-8-17-9-7-10-18(11-17)20-22(30-15(4)26)23(31-16(5)27)21(29-14(3)25)19(32-20)12-28-13(2)24/h6-7,9-11,19-23H,1,8,12H2,2-5H3/t19-,20-,21-,22-,23+/m1/s1. The lowest BCUT2D eigenvalue weighted by molar-refractivity contribution is -0.254. The molecule has 9 nitrogen and oxygen atoms in total. The van der Waals surface area contributed by atoms with Crippen LogP contribution in [0.4, 0.5) is 0 Å². The summed E-state index contributed by atoms with van der Waals surface area (Å²) >= 11 is 0. The van der Waals surface area contributed by atoms with E-state index in [-0.39, 0.29) is 6.61 Å². The smallest absolute Gasteiger partial charge is 0.303 e. The topological polar surface area (TPSA) is 114 Å². The van der Waals surface area contributed by atoms with Gasteiger partial charge in [-0.15, -0.1) is 6.58 Å². The Balaban J connectivity index is 2.55. The summed E-state index contributed by atoms with van der Waals surface area (Å²) in [6.07, 6.45) is -3.01. The second kappa shape index (κ2) is 11.4. The zero-order chi connectivity index (χ0) is 23.8. The van der Waals surface area contributed by atoms with E-state index in [1.165, 1.54) is 27.7 Å². The van der Waals surface area contributed by atoms with Crippen molar-refractivity contribution in [2.45, 2.75) is 64.6 Å². The molecule has 5 atom stereocenters. The predicted molar refractivity (Wildman–Crippen MR) is 111 cm³/mol. The molecule has 1 aromatic carbocycles. The molecule has 0 saturated carbocycles. The van der Waals surface area contributed by atoms with E-state index in [1.54, 1.807) is 12.1 Å². The van der Waals surface area contributed by atoms with Crippen LogP contribution in [0.15, 0.2) is 36.9 Å². The van der Waals surface area contributed by atoms with Gasteiger partial charge in [0, 0.05) is 27.7 Å². The van der Waals surface area contributed by atoms with Gasteiger partial charge in [0.1, 0.15) is 18.8 Å². The second-order valence-electron chi connectivity index (χ2n) is 7.36. The minimum absolute atomic E-state index is 0.263. The van der Waals surface area contributed by atoms with Crippen molar-refractivity contribution in [1.82, 2.24) is 0 Å². The number of rotatable bonds is 8. The monoisotopic (exact) mass is 448 g/mol. The first-order chi connectivity index (χ1) is 15.1. The van der Waals surface area contributed by atoms with Crippen LogP contribution >= 0.6 is 0 Å². The van der Waals surface area contributed by atoms with Crippen molar-refractivity contribution in [1.29, 1.82) is 0 Å². The molecule has 2 rings (SSSR count). The van der Waals surface area contributed by atoms with Gasteiger partial charge < -0.3 is 23.7 Å². The Hall–Kier alpha value is -3.20. The fraction of sp³-hybridized carbons (Fsp3) is 0.478. The van der Waals surface area contributed by atoms with Crippen LogP contribution in [-0.2, 0) is 49.3 Å². The molecule has 32 heavy (non-hydrogen) atoms. The van der Waals surface area contributed by atoms with E-state index >= 15 is 0 Å². The largest absolute Gasteiger partial charge is 0.463 e. The van der Waals surface area contributed by atoms with Gasteiger partial charge in [-0.2, -0.15) is 0 Å². The van der Waals surface area contributed by atoms with Gasteiger partial charge in [0.2, 0.25) is 0 Å². The summed E-state index contributed by atoms with van der Waals surface area (Å²) in [5, 5.41) is 0. The molecule has 0 N–H and O–H groups in total. The van der Waals surface area contributed by atoms with E-state index in [0.29, 0.717) is 12.0 Å². The molecule has 0 unspecified atom stereocenters. The number of carbonyl (C=O) groups is 4. The summed E-state index contributed by atoms with van der Waals surface area (Å²) in [6, 6.07) is 7.33. The molecule has 0 aliphatic carbocycles. The van der Waals surface area contributed by atoms with Crippen LogP contribution in [0, 0.1) is 0 Å². The van der Waals surface area contributed by atoms with Gasteiger partial charge >= 0.3 is 23.9 Å². The molecule has 0 bridgehead atoms. The molecule has 1 fully saturated rings. The van der Waals surface area contributed by atoms with Crippen LogP contribution in [0.3, 0.4) is 0 Å². The van der Waals surface area contributed by atoms with Crippen molar-refractivity contribution in [3.8, 4) is 0 Å². The molecular formula is C23H28O9. The summed E-state index contributed by atoms with van der Waals surface area (Å²) in [6.45, 7) is 8.27. The number of esters is 4. The normalized spacial score (nSPS) is 24.7. The average Bonchev–Trinajstić information content (AvgIpc) is 2.69. The molecule has 0 aromatic heterocycles. The fourth-order valence-electron chi connectivity index (χ4n) is 3.56. The molecule has 1 aliphatic heterocycles. The molecule has 0 amide bonds. The highest BCUT2D eigenvalue weighted by atomic mass is 16.7. The molecule has 1 aliphatic rings. The summed E-state index contributed by atoms with van der Waals surface area (Å²) in [4.78, 5) is 47.0. The van der Waals surface area contributed by atoms with E-state index < -0.39 is 54.4 Å². The highest BCUT2D eigenvalue weighted by Crippen LogP contribution is 2.38. The maximum absolute atomic E-state index is 11.9. The van der Waals surface area contributed by atoms with Crippen molar-refractivity contribution in [2.75, 3.05) is 6.61 Å². The van der Waals surface area contributed by atoms with E-state index in [0.717, 1.165) is 5.56 Å². The third kappa shape index (κ3) is 6.91. The molecule has 0 spiro atoms. The van der Waals surface area contributed by atoms with E-state index in [1.807, 2.05) is 18.2 Å². The number of allylic oxidation sites excluding steroid dienone is 1. The minimum atomic E-state index is -1.19. The SMILES string of the molecule is C=CCc1cccc([C@H]2O[C@H](COC(C)=O)[C@@H](OC(C)=O)[C@H](OC(C)=O)[C@@H]2OC(C)=O)c1. The quantitative estimate of drug-likeness (QED) is 0.335. The van der Waals surface area contributed by atoms with Crippen LogP contribution in [-0.4, -0.2) is 54.9 Å². The molecule has 1 saturated heterocycles. The van der Waals surface area contributed by atoms with Crippen LogP contribution < -0.4 is 0 Å². The van der Waals surface area contributed by atoms with Gasteiger partial charge in [0.25, 0.3) is 0 Å². The third-order valence-corrected chi connectivity index (χ3v) is 4.65. The minimum Gasteiger partial charge on any atom is -0.463 e. The highest BCUT2D eigenvalue weighted by molar-refractivity contribution is 5.68. The first kappa shape index (κ1) is 25.1. The Morgan fingerprint density at radius 3 is 2.06 bits per heavy atom. The summed E-state index contributed by atoms with van der Waals surface area (Å²) < 4.78 is 27.6. The van der Waals surface area contributed by atoms with Crippen molar-refractivity contribution >= 4 is 23.9 Å². The van der Waals surface area contributed by atoms with Crippen molar-refractivity contribution < 1.29 is 42.9 Å². The number of carbonyl (C=O) groups excluding carboxylic acids is 4. The average molecular weight is 448 g/mol.